The van der Waals surface area contributed by atoms with Crippen molar-refractivity contribution in [2.75, 3.05) is 13.2 Å². The molecule has 0 amide bonds. The molecule has 4 rings (SSSR count). The number of nitroso groups, excluding NO2 is 1. The molecule has 0 aliphatic carbocycles. The standard InChI is InChI=1S/C23H28N4O5.C4H8/c1-5-24-21-18(14(3)4)25-13-27(21)22-20-19(17(30-22)11-12-26-28)31-23(32-20)15-7-9-16(10-8-15)29-6-2;1-3-4-2/h7-13,17,19-20,22-23H,5-6H2,1-4H3;3H,1,4H2,2H3/t17?,19-,20-,22?,23?;/m1./s1. The van der Waals surface area contributed by atoms with Gasteiger partial charge in [-0.25, -0.2) is 4.99 Å². The molecule has 9 nitrogen and oxygen atoms in total. The van der Waals surface area contributed by atoms with Crippen molar-refractivity contribution in [1.29, 1.82) is 0 Å². The van der Waals surface area contributed by atoms with Crippen LogP contribution in [0.3, 0.4) is 0 Å². The van der Waals surface area contributed by atoms with Crippen LogP contribution in [0.5, 0.6) is 5.75 Å². The van der Waals surface area contributed by atoms with Crippen LogP contribution in [0.15, 0.2) is 75.6 Å². The van der Waals surface area contributed by atoms with Crippen LogP contribution < -0.4 is 4.74 Å². The zero-order valence-corrected chi connectivity index (χ0v) is 21.7. The van der Waals surface area contributed by atoms with Crippen LogP contribution in [-0.4, -0.2) is 54.8 Å². The third-order valence-corrected chi connectivity index (χ3v) is 5.70. The van der Waals surface area contributed by atoms with E-state index >= 15 is 0 Å². The van der Waals surface area contributed by atoms with Crippen LogP contribution in [0, 0.1) is 4.91 Å². The van der Waals surface area contributed by atoms with Crippen LogP contribution in [0.1, 0.15) is 52.9 Å². The third-order valence-electron chi connectivity index (χ3n) is 5.70. The Morgan fingerprint density at radius 1 is 1.14 bits per heavy atom. The molecule has 0 aromatic heterocycles. The fraction of sp³-hybridized carbons (Fsp3) is 0.481. The molecule has 5 atom stereocenters. The van der Waals surface area contributed by atoms with Crippen molar-refractivity contribution in [3.05, 3.63) is 70.9 Å². The molecule has 3 heterocycles. The molecule has 3 aliphatic rings. The molecule has 194 valence electrons. The number of hydrogen-bond donors (Lipinski definition) is 0. The Morgan fingerprint density at radius 2 is 1.83 bits per heavy atom. The maximum Gasteiger partial charge on any atom is 0.185 e. The Hall–Kier alpha value is -3.14. The lowest BCUT2D eigenvalue weighted by molar-refractivity contribution is -0.138. The summed E-state index contributed by atoms with van der Waals surface area (Å²) >= 11 is 0. The molecule has 2 saturated heterocycles. The number of ether oxygens (including phenoxy) is 4. The molecular weight excluding hydrogens is 460 g/mol. The SMILES string of the molecule is C=CCC.CCN=C1C(=C(C)C)N=CN1C1OC(C=CN=O)[C@H]2OC(c3ccc(OCC)cc3)O[C@@H]12. The highest BCUT2D eigenvalue weighted by molar-refractivity contribution is 6.09. The summed E-state index contributed by atoms with van der Waals surface area (Å²) in [5.74, 6) is 1.53. The van der Waals surface area contributed by atoms with E-state index in [2.05, 4.69) is 28.7 Å². The minimum Gasteiger partial charge on any atom is -0.494 e. The number of fused-ring (bicyclic) bond motifs is 1. The number of allylic oxidation sites excluding steroid dienone is 2. The largest absolute Gasteiger partial charge is 0.494 e. The van der Waals surface area contributed by atoms with Gasteiger partial charge in [-0.05, 0) is 63.1 Å². The van der Waals surface area contributed by atoms with E-state index in [-0.39, 0.29) is 0 Å². The summed E-state index contributed by atoms with van der Waals surface area (Å²) in [6.07, 6.45) is 5.04. The predicted molar refractivity (Wildman–Crippen MR) is 141 cm³/mol. The number of rotatable bonds is 8. The average molecular weight is 497 g/mol. The Kier molecular flexibility index (Phi) is 10.1. The van der Waals surface area contributed by atoms with Crippen molar-refractivity contribution < 1.29 is 18.9 Å². The summed E-state index contributed by atoms with van der Waals surface area (Å²) < 4.78 is 24.3. The number of benzene rings is 1. The lowest BCUT2D eigenvalue weighted by Crippen LogP contribution is -2.44. The average Bonchev–Trinajstić information content (AvgIpc) is 3.58. The number of aliphatic imine (C=N–C) groups is 2. The van der Waals surface area contributed by atoms with Gasteiger partial charge in [0.05, 0.1) is 19.1 Å². The molecule has 0 N–H and O–H groups in total. The lowest BCUT2D eigenvalue weighted by Gasteiger charge is -2.27. The molecule has 0 spiro atoms. The van der Waals surface area contributed by atoms with E-state index in [9.17, 15) is 4.91 Å². The summed E-state index contributed by atoms with van der Waals surface area (Å²) in [5.41, 5.74) is 2.76. The molecule has 2 fully saturated rings. The van der Waals surface area contributed by atoms with E-state index in [1.807, 2.05) is 62.9 Å². The fourth-order valence-corrected chi connectivity index (χ4v) is 4.03. The predicted octanol–water partition coefficient (Wildman–Crippen LogP) is 5.51. The van der Waals surface area contributed by atoms with Gasteiger partial charge in [0, 0.05) is 12.1 Å². The summed E-state index contributed by atoms with van der Waals surface area (Å²) in [5, 5.41) is 2.83. The zero-order chi connectivity index (χ0) is 26.1. The van der Waals surface area contributed by atoms with Gasteiger partial charge >= 0.3 is 0 Å². The summed E-state index contributed by atoms with van der Waals surface area (Å²) in [4.78, 5) is 21.7. The van der Waals surface area contributed by atoms with Gasteiger partial charge in [0.2, 0.25) is 0 Å². The summed E-state index contributed by atoms with van der Waals surface area (Å²) in [6.45, 7) is 14.7. The number of amidine groups is 1. The van der Waals surface area contributed by atoms with Crippen molar-refractivity contribution in [2.45, 2.75) is 71.9 Å². The molecule has 0 bridgehead atoms. The van der Waals surface area contributed by atoms with Gasteiger partial charge in [-0.1, -0.05) is 25.1 Å². The first-order valence-electron chi connectivity index (χ1n) is 12.3. The van der Waals surface area contributed by atoms with Crippen molar-refractivity contribution in [3.8, 4) is 5.75 Å². The molecule has 1 aromatic rings. The van der Waals surface area contributed by atoms with E-state index in [0.29, 0.717) is 13.2 Å². The van der Waals surface area contributed by atoms with E-state index in [0.717, 1.165) is 34.8 Å². The van der Waals surface area contributed by atoms with Crippen molar-refractivity contribution >= 4 is 12.2 Å². The Balaban J connectivity index is 0.000000840. The van der Waals surface area contributed by atoms with Crippen LogP contribution in [0.25, 0.3) is 0 Å². The minimum absolute atomic E-state index is 0.415. The maximum atomic E-state index is 10.7. The van der Waals surface area contributed by atoms with Crippen LogP contribution in [-0.2, 0) is 14.2 Å². The highest BCUT2D eigenvalue weighted by Crippen LogP contribution is 2.42. The highest BCUT2D eigenvalue weighted by atomic mass is 16.8. The molecule has 36 heavy (non-hydrogen) atoms. The van der Waals surface area contributed by atoms with Gasteiger partial charge in [-0.3, -0.25) is 9.89 Å². The van der Waals surface area contributed by atoms with Gasteiger partial charge in [0.25, 0.3) is 0 Å². The maximum absolute atomic E-state index is 10.7. The van der Waals surface area contributed by atoms with Crippen molar-refractivity contribution in [3.63, 3.8) is 0 Å². The molecule has 3 unspecified atom stereocenters. The van der Waals surface area contributed by atoms with E-state index in [4.69, 9.17) is 18.9 Å². The Labute approximate surface area is 213 Å². The zero-order valence-electron chi connectivity index (χ0n) is 21.7. The minimum atomic E-state index is -0.568. The fourth-order valence-electron chi connectivity index (χ4n) is 4.03. The third kappa shape index (κ3) is 6.16. The van der Waals surface area contributed by atoms with Gasteiger partial charge in [-0.2, -0.15) is 0 Å². The number of nitrogens with zero attached hydrogens (tertiary/aromatic N) is 4. The monoisotopic (exact) mass is 496 g/mol. The van der Waals surface area contributed by atoms with Crippen LogP contribution in [0.2, 0.25) is 0 Å². The second kappa shape index (κ2) is 13.2. The van der Waals surface area contributed by atoms with Gasteiger partial charge in [0.15, 0.2) is 18.4 Å². The quantitative estimate of drug-likeness (QED) is 0.348. The highest BCUT2D eigenvalue weighted by Gasteiger charge is 2.55. The summed E-state index contributed by atoms with van der Waals surface area (Å²) in [6, 6.07) is 7.63. The normalized spacial score (nSPS) is 27.8. The van der Waals surface area contributed by atoms with Crippen LogP contribution in [0.4, 0.5) is 0 Å². The van der Waals surface area contributed by atoms with E-state index in [1.54, 1.807) is 12.4 Å². The second-order valence-electron chi connectivity index (χ2n) is 8.47. The van der Waals surface area contributed by atoms with E-state index < -0.39 is 30.8 Å². The molecule has 9 heteroatoms. The molecule has 3 aliphatic heterocycles. The first kappa shape index (κ1) is 27.4. The smallest absolute Gasteiger partial charge is 0.185 e. The first-order valence-corrected chi connectivity index (χ1v) is 12.3. The Bertz CT molecular complexity index is 1010. The van der Waals surface area contributed by atoms with Gasteiger partial charge in [0.1, 0.15) is 29.8 Å². The van der Waals surface area contributed by atoms with Crippen LogP contribution >= 0.6 is 0 Å². The van der Waals surface area contributed by atoms with E-state index in [1.165, 1.54) is 6.20 Å². The van der Waals surface area contributed by atoms with Crippen molar-refractivity contribution in [2.24, 2.45) is 15.2 Å². The van der Waals surface area contributed by atoms with Gasteiger partial charge in [-0.15, -0.1) is 11.5 Å². The topological polar surface area (TPSA) is 94.3 Å². The van der Waals surface area contributed by atoms with Crippen molar-refractivity contribution in [1.82, 2.24) is 4.90 Å². The lowest BCUT2D eigenvalue weighted by atomic mass is 10.1. The molecule has 0 radical (unpaired) electrons. The molecule has 1 aromatic carbocycles. The van der Waals surface area contributed by atoms with Gasteiger partial charge < -0.3 is 18.9 Å². The second-order valence-corrected chi connectivity index (χ2v) is 8.47. The molecular formula is C27H36N4O5. The first-order chi connectivity index (χ1) is 17.5. The summed E-state index contributed by atoms with van der Waals surface area (Å²) in [7, 11) is 0. The Morgan fingerprint density at radius 3 is 2.42 bits per heavy atom. The number of hydrogen-bond acceptors (Lipinski definition) is 8. The molecule has 0 saturated carbocycles.